The summed E-state index contributed by atoms with van der Waals surface area (Å²) in [5.41, 5.74) is 2.01. The van der Waals surface area contributed by atoms with E-state index in [1.807, 2.05) is 31.3 Å². The molecular formula is C14H15N5OS3. The number of benzene rings is 1. The molecule has 2 N–H and O–H groups in total. The summed E-state index contributed by atoms with van der Waals surface area (Å²) in [5.74, 6) is 1.61. The molecule has 3 rings (SSSR count). The number of nitrogens with zero attached hydrogens (tertiary/aromatic N) is 3. The first-order valence-electron chi connectivity index (χ1n) is 6.76. The lowest BCUT2D eigenvalue weighted by molar-refractivity contribution is 0.415. The van der Waals surface area contributed by atoms with Crippen LogP contribution in [-0.2, 0) is 5.75 Å². The molecule has 2 heterocycles. The second-order valence-electron chi connectivity index (χ2n) is 4.41. The van der Waals surface area contributed by atoms with E-state index in [0.717, 1.165) is 37.5 Å². The second-order valence-corrected chi connectivity index (χ2v) is 7.47. The number of thiazole rings is 1. The molecule has 1 aromatic carbocycles. The lowest BCUT2D eigenvalue weighted by atomic mass is 10.3. The first kappa shape index (κ1) is 16.0. The molecule has 23 heavy (non-hydrogen) atoms. The quantitative estimate of drug-likeness (QED) is 0.611. The van der Waals surface area contributed by atoms with Crippen molar-refractivity contribution >= 4 is 50.4 Å². The van der Waals surface area contributed by atoms with Crippen LogP contribution in [0.4, 0.5) is 16.0 Å². The van der Waals surface area contributed by atoms with Gasteiger partial charge in [-0.25, -0.2) is 4.98 Å². The lowest BCUT2D eigenvalue weighted by Crippen LogP contribution is -1.90. The number of anilines is 3. The molecule has 3 aromatic rings. The van der Waals surface area contributed by atoms with Gasteiger partial charge in [0.05, 0.1) is 12.8 Å². The molecule has 0 saturated heterocycles. The predicted octanol–water partition coefficient (Wildman–Crippen LogP) is 4.08. The first-order valence-corrected chi connectivity index (χ1v) is 9.44. The van der Waals surface area contributed by atoms with Crippen molar-refractivity contribution in [3.05, 3.63) is 35.3 Å². The molecule has 0 fully saturated rings. The van der Waals surface area contributed by atoms with Gasteiger partial charge < -0.3 is 15.4 Å². The molecule has 0 aliphatic rings. The van der Waals surface area contributed by atoms with Crippen molar-refractivity contribution < 1.29 is 4.74 Å². The monoisotopic (exact) mass is 365 g/mol. The number of hydrogen-bond donors (Lipinski definition) is 2. The highest BCUT2D eigenvalue weighted by molar-refractivity contribution is 8.00. The molecule has 120 valence electrons. The van der Waals surface area contributed by atoms with E-state index in [1.165, 1.54) is 0 Å². The van der Waals surface area contributed by atoms with Crippen molar-refractivity contribution in [2.24, 2.45) is 0 Å². The minimum atomic E-state index is 0.777. The maximum atomic E-state index is 5.15. The third kappa shape index (κ3) is 4.34. The minimum Gasteiger partial charge on any atom is -0.497 e. The van der Waals surface area contributed by atoms with Crippen LogP contribution in [0, 0.1) is 0 Å². The van der Waals surface area contributed by atoms with Crippen LogP contribution in [0.25, 0.3) is 0 Å². The summed E-state index contributed by atoms with van der Waals surface area (Å²) in [4.78, 5) is 4.59. The Balaban J connectivity index is 1.56. The number of methoxy groups -OCH3 is 1. The van der Waals surface area contributed by atoms with Gasteiger partial charge in [0.2, 0.25) is 5.13 Å². The van der Waals surface area contributed by atoms with E-state index in [9.17, 15) is 0 Å². The van der Waals surface area contributed by atoms with Crippen LogP contribution in [0.2, 0.25) is 0 Å². The van der Waals surface area contributed by atoms with Crippen molar-refractivity contribution in [1.82, 2.24) is 15.2 Å². The Hall–Kier alpha value is -1.84. The van der Waals surface area contributed by atoms with Gasteiger partial charge in [-0.2, -0.15) is 0 Å². The van der Waals surface area contributed by atoms with E-state index in [-0.39, 0.29) is 0 Å². The summed E-state index contributed by atoms with van der Waals surface area (Å²) in [6, 6.07) is 7.77. The molecule has 0 atom stereocenters. The van der Waals surface area contributed by atoms with E-state index < -0.39 is 0 Å². The number of thioether (sulfide) groups is 1. The SMILES string of the molecule is CNc1nnc(SCc2csc(Nc3ccc(OC)cc3)n2)s1. The number of nitrogens with one attached hydrogen (secondary N) is 2. The molecule has 0 bridgehead atoms. The fourth-order valence-electron chi connectivity index (χ4n) is 1.73. The van der Waals surface area contributed by atoms with Crippen molar-refractivity contribution in [2.45, 2.75) is 10.1 Å². The van der Waals surface area contributed by atoms with Crippen molar-refractivity contribution in [3.8, 4) is 5.75 Å². The Morgan fingerprint density at radius 2 is 2.00 bits per heavy atom. The fraction of sp³-hybridized carbons (Fsp3) is 0.214. The molecular weight excluding hydrogens is 350 g/mol. The zero-order valence-corrected chi connectivity index (χ0v) is 15.0. The fourth-order valence-corrected chi connectivity index (χ4v) is 4.17. The number of hydrogen-bond acceptors (Lipinski definition) is 9. The van der Waals surface area contributed by atoms with Gasteiger partial charge in [-0.1, -0.05) is 23.1 Å². The summed E-state index contributed by atoms with van der Waals surface area (Å²) in [5, 5.41) is 18.2. The highest BCUT2D eigenvalue weighted by Crippen LogP contribution is 2.30. The highest BCUT2D eigenvalue weighted by atomic mass is 32.2. The zero-order valence-electron chi connectivity index (χ0n) is 12.6. The molecule has 6 nitrogen and oxygen atoms in total. The summed E-state index contributed by atoms with van der Waals surface area (Å²) >= 11 is 4.77. The standard InChI is InChI=1S/C14H15N5OS3/c1-15-12-18-19-14(23-12)22-8-10-7-21-13(17-10)16-9-3-5-11(20-2)6-4-9/h3-7H,8H2,1-2H3,(H,15,18)(H,16,17). The van der Waals surface area contributed by atoms with Gasteiger partial charge in [0, 0.05) is 23.9 Å². The molecule has 0 spiro atoms. The van der Waals surface area contributed by atoms with E-state index in [0.29, 0.717) is 0 Å². The average Bonchev–Trinajstić information content (AvgIpc) is 3.22. The molecule has 0 amide bonds. The van der Waals surface area contributed by atoms with E-state index in [1.54, 1.807) is 41.5 Å². The van der Waals surface area contributed by atoms with E-state index >= 15 is 0 Å². The van der Waals surface area contributed by atoms with Gasteiger partial charge in [0.15, 0.2) is 9.47 Å². The Labute approximate surface area is 146 Å². The summed E-state index contributed by atoms with van der Waals surface area (Å²) in [6.45, 7) is 0. The van der Waals surface area contributed by atoms with Crippen LogP contribution in [0.5, 0.6) is 5.75 Å². The molecule has 0 unspecified atom stereocenters. The van der Waals surface area contributed by atoms with E-state index in [4.69, 9.17) is 4.74 Å². The molecule has 0 aliphatic carbocycles. The van der Waals surface area contributed by atoms with E-state index in [2.05, 4.69) is 31.2 Å². The highest BCUT2D eigenvalue weighted by Gasteiger charge is 2.07. The maximum absolute atomic E-state index is 5.15. The Bertz CT molecular complexity index is 756. The second kappa shape index (κ2) is 7.62. The zero-order chi connectivity index (χ0) is 16.1. The lowest BCUT2D eigenvalue weighted by Gasteiger charge is -2.03. The van der Waals surface area contributed by atoms with Gasteiger partial charge >= 0.3 is 0 Å². The molecule has 2 aromatic heterocycles. The van der Waals surface area contributed by atoms with Gasteiger partial charge in [0.1, 0.15) is 5.75 Å². The predicted molar refractivity (Wildman–Crippen MR) is 97.4 cm³/mol. The van der Waals surface area contributed by atoms with Crippen LogP contribution in [-0.4, -0.2) is 29.3 Å². The molecule has 0 aliphatic heterocycles. The van der Waals surface area contributed by atoms with Gasteiger partial charge in [-0.15, -0.1) is 21.5 Å². The van der Waals surface area contributed by atoms with Gasteiger partial charge in [-0.05, 0) is 24.3 Å². The third-order valence-electron chi connectivity index (χ3n) is 2.86. The summed E-state index contributed by atoms with van der Waals surface area (Å²) in [7, 11) is 3.50. The molecule has 0 radical (unpaired) electrons. The number of rotatable bonds is 7. The average molecular weight is 366 g/mol. The van der Waals surface area contributed by atoms with Crippen LogP contribution in [0.1, 0.15) is 5.69 Å². The number of ether oxygens (including phenoxy) is 1. The van der Waals surface area contributed by atoms with Crippen molar-refractivity contribution in [1.29, 1.82) is 0 Å². The summed E-state index contributed by atoms with van der Waals surface area (Å²) < 4.78 is 6.09. The van der Waals surface area contributed by atoms with Crippen LogP contribution in [0.15, 0.2) is 34.0 Å². The summed E-state index contributed by atoms with van der Waals surface area (Å²) in [6.07, 6.45) is 0. The van der Waals surface area contributed by atoms with Crippen LogP contribution < -0.4 is 15.4 Å². The molecule has 9 heteroatoms. The largest absolute Gasteiger partial charge is 0.497 e. The minimum absolute atomic E-state index is 0.777. The third-order valence-corrected chi connectivity index (χ3v) is 5.77. The van der Waals surface area contributed by atoms with Crippen molar-refractivity contribution in [3.63, 3.8) is 0 Å². The normalized spacial score (nSPS) is 10.5. The molecule has 0 saturated carbocycles. The van der Waals surface area contributed by atoms with Crippen molar-refractivity contribution in [2.75, 3.05) is 24.8 Å². The Kier molecular flexibility index (Phi) is 5.31. The topological polar surface area (TPSA) is 72.0 Å². The maximum Gasteiger partial charge on any atom is 0.206 e. The Morgan fingerprint density at radius 3 is 2.70 bits per heavy atom. The van der Waals surface area contributed by atoms with Crippen LogP contribution in [0.3, 0.4) is 0 Å². The van der Waals surface area contributed by atoms with Gasteiger partial charge in [-0.3, -0.25) is 0 Å². The van der Waals surface area contributed by atoms with Crippen LogP contribution >= 0.6 is 34.4 Å². The Morgan fingerprint density at radius 1 is 1.17 bits per heavy atom. The number of aromatic nitrogens is 3. The first-order chi connectivity index (χ1) is 11.3. The van der Waals surface area contributed by atoms with Gasteiger partial charge in [0.25, 0.3) is 0 Å². The smallest absolute Gasteiger partial charge is 0.206 e.